The van der Waals surface area contributed by atoms with Crippen molar-refractivity contribution >= 4 is 23.4 Å². The largest absolute Gasteiger partial charge is 0.397 e. The number of aromatic amines is 1. The number of nitrogen functional groups attached to an aromatic ring is 1. The maximum absolute atomic E-state index is 12.2. The number of anilines is 1. The second-order valence-electron chi connectivity index (χ2n) is 4.67. The highest BCUT2D eigenvalue weighted by Gasteiger charge is 2.43. The Bertz CT molecular complexity index is 532. The lowest BCUT2D eigenvalue weighted by Crippen LogP contribution is -2.65. The van der Waals surface area contributed by atoms with Crippen molar-refractivity contribution in [2.24, 2.45) is 0 Å². The second kappa shape index (κ2) is 3.86. The molecule has 7 heteroatoms. The average Bonchev–Trinajstić information content (AvgIpc) is 2.70. The van der Waals surface area contributed by atoms with Crippen molar-refractivity contribution < 1.29 is 14.4 Å². The number of imide groups is 1. The smallest absolute Gasteiger partial charge is 0.271 e. The molecule has 1 aromatic heterocycles. The number of rotatable bonds is 1. The van der Waals surface area contributed by atoms with Crippen LogP contribution in [0.5, 0.6) is 0 Å². The maximum atomic E-state index is 12.2. The van der Waals surface area contributed by atoms with E-state index in [4.69, 9.17) is 5.73 Å². The first-order chi connectivity index (χ1) is 8.32. The average molecular weight is 250 g/mol. The number of nitrogens with one attached hydrogen (secondary N) is 2. The number of hydrogen-bond acceptors (Lipinski definition) is 4. The van der Waals surface area contributed by atoms with Gasteiger partial charge in [0.05, 0.1) is 0 Å². The Balaban J connectivity index is 2.33. The first kappa shape index (κ1) is 12.2. The van der Waals surface area contributed by atoms with Gasteiger partial charge in [-0.15, -0.1) is 0 Å². The lowest BCUT2D eigenvalue weighted by atomic mass is 9.98. The quantitative estimate of drug-likeness (QED) is 0.582. The monoisotopic (exact) mass is 250 g/mol. The number of nitrogens with two attached hydrogens (primary N) is 1. The topological polar surface area (TPSA) is 108 Å². The van der Waals surface area contributed by atoms with Crippen LogP contribution in [0.3, 0.4) is 0 Å². The third-order valence-corrected chi connectivity index (χ3v) is 2.97. The zero-order valence-electron chi connectivity index (χ0n) is 10.1. The normalized spacial score (nSPS) is 18.7. The fourth-order valence-corrected chi connectivity index (χ4v) is 1.79. The Kier molecular flexibility index (Phi) is 2.61. The van der Waals surface area contributed by atoms with Gasteiger partial charge in [0.15, 0.2) is 0 Å². The van der Waals surface area contributed by atoms with Gasteiger partial charge in [0.2, 0.25) is 5.91 Å². The summed E-state index contributed by atoms with van der Waals surface area (Å²) in [7, 11) is 0. The summed E-state index contributed by atoms with van der Waals surface area (Å²) >= 11 is 0. The van der Waals surface area contributed by atoms with Gasteiger partial charge in [0.1, 0.15) is 17.8 Å². The number of nitrogens with zero attached hydrogens (tertiary/aromatic N) is 1. The summed E-state index contributed by atoms with van der Waals surface area (Å²) in [6.07, 6.45) is 1.48. The number of carbonyl (C=O) groups is 3. The highest BCUT2D eigenvalue weighted by Crippen LogP contribution is 2.21. The molecule has 96 valence electrons. The lowest BCUT2D eigenvalue weighted by molar-refractivity contribution is -0.143. The van der Waals surface area contributed by atoms with Gasteiger partial charge in [-0.05, 0) is 19.9 Å². The van der Waals surface area contributed by atoms with Crippen molar-refractivity contribution in [3.05, 3.63) is 18.0 Å². The molecule has 0 unspecified atom stereocenters. The van der Waals surface area contributed by atoms with E-state index in [2.05, 4.69) is 10.3 Å². The molecule has 0 bridgehead atoms. The molecule has 1 saturated heterocycles. The van der Waals surface area contributed by atoms with Crippen LogP contribution < -0.4 is 11.1 Å². The first-order valence-electron chi connectivity index (χ1n) is 5.42. The highest BCUT2D eigenvalue weighted by atomic mass is 16.2. The van der Waals surface area contributed by atoms with Gasteiger partial charge in [-0.3, -0.25) is 19.7 Å². The molecule has 0 aromatic carbocycles. The molecule has 18 heavy (non-hydrogen) atoms. The molecule has 2 heterocycles. The summed E-state index contributed by atoms with van der Waals surface area (Å²) in [5, 5.41) is 2.20. The van der Waals surface area contributed by atoms with E-state index in [1.807, 2.05) is 0 Å². The first-order valence-corrected chi connectivity index (χ1v) is 5.42. The summed E-state index contributed by atoms with van der Waals surface area (Å²) in [5.74, 6) is -1.42. The number of hydrogen-bond donors (Lipinski definition) is 3. The minimum atomic E-state index is -1.08. The molecule has 1 aliphatic rings. The summed E-state index contributed by atoms with van der Waals surface area (Å²) in [4.78, 5) is 39.2. The molecule has 0 atom stereocenters. The standard InChI is InChI=1S/C11H14N4O3/c1-11(2)10(18)14-8(16)5-15(11)9(17)7-3-6(12)4-13-7/h3-4,13H,5,12H2,1-2H3,(H,14,16,18). The summed E-state index contributed by atoms with van der Waals surface area (Å²) in [6.45, 7) is 3.01. The van der Waals surface area contributed by atoms with Crippen LogP contribution in [0.4, 0.5) is 5.69 Å². The lowest BCUT2D eigenvalue weighted by Gasteiger charge is -2.39. The fourth-order valence-electron chi connectivity index (χ4n) is 1.79. The van der Waals surface area contributed by atoms with Crippen molar-refractivity contribution in [3.63, 3.8) is 0 Å². The minimum absolute atomic E-state index is 0.156. The zero-order valence-corrected chi connectivity index (χ0v) is 10.1. The van der Waals surface area contributed by atoms with Crippen LogP contribution in [0.25, 0.3) is 0 Å². The Labute approximate surface area is 103 Å². The summed E-state index contributed by atoms with van der Waals surface area (Å²) < 4.78 is 0. The predicted octanol–water partition coefficient (Wildman–Crippen LogP) is -0.526. The Morgan fingerprint density at radius 2 is 2.11 bits per heavy atom. The van der Waals surface area contributed by atoms with E-state index in [0.717, 1.165) is 0 Å². The van der Waals surface area contributed by atoms with E-state index >= 15 is 0 Å². The molecule has 2 rings (SSSR count). The molecule has 4 N–H and O–H groups in total. The van der Waals surface area contributed by atoms with Crippen molar-refractivity contribution in [1.29, 1.82) is 0 Å². The minimum Gasteiger partial charge on any atom is -0.397 e. The molecule has 1 aromatic rings. The van der Waals surface area contributed by atoms with Gasteiger partial charge in [0.25, 0.3) is 11.8 Å². The third kappa shape index (κ3) is 1.83. The predicted molar refractivity (Wildman–Crippen MR) is 63.5 cm³/mol. The number of piperazine rings is 1. The third-order valence-electron chi connectivity index (χ3n) is 2.97. The summed E-state index contributed by atoms with van der Waals surface area (Å²) in [6, 6.07) is 1.47. The van der Waals surface area contributed by atoms with Crippen LogP contribution in [0.2, 0.25) is 0 Å². The van der Waals surface area contributed by atoms with Gasteiger partial charge in [0, 0.05) is 11.9 Å². The van der Waals surface area contributed by atoms with Crippen molar-refractivity contribution in [3.8, 4) is 0 Å². The highest BCUT2D eigenvalue weighted by molar-refractivity contribution is 6.08. The summed E-state index contributed by atoms with van der Waals surface area (Å²) in [5.41, 5.74) is 5.11. The second-order valence-corrected chi connectivity index (χ2v) is 4.67. The molecule has 1 aliphatic heterocycles. The van der Waals surface area contributed by atoms with E-state index < -0.39 is 23.3 Å². The molecule has 7 nitrogen and oxygen atoms in total. The fraction of sp³-hybridized carbons (Fsp3) is 0.364. The van der Waals surface area contributed by atoms with Gasteiger partial charge in [-0.25, -0.2) is 0 Å². The molecule has 0 saturated carbocycles. The van der Waals surface area contributed by atoms with Crippen LogP contribution >= 0.6 is 0 Å². The molecular formula is C11H14N4O3. The SMILES string of the molecule is CC1(C)C(=O)NC(=O)CN1C(=O)c1cc(N)c[nH]1. The van der Waals surface area contributed by atoms with E-state index in [9.17, 15) is 14.4 Å². The van der Waals surface area contributed by atoms with Crippen LogP contribution in [-0.4, -0.2) is 39.7 Å². The van der Waals surface area contributed by atoms with E-state index in [1.165, 1.54) is 17.2 Å². The Hall–Kier alpha value is -2.31. The van der Waals surface area contributed by atoms with Crippen molar-refractivity contribution in [2.45, 2.75) is 19.4 Å². The van der Waals surface area contributed by atoms with Gasteiger partial charge >= 0.3 is 0 Å². The maximum Gasteiger partial charge on any atom is 0.271 e. The number of aromatic nitrogens is 1. The molecule has 0 spiro atoms. The molecule has 0 aliphatic carbocycles. The van der Waals surface area contributed by atoms with E-state index in [0.29, 0.717) is 5.69 Å². The van der Waals surface area contributed by atoms with E-state index in [1.54, 1.807) is 13.8 Å². The Morgan fingerprint density at radius 1 is 1.44 bits per heavy atom. The van der Waals surface area contributed by atoms with Crippen LogP contribution in [0.1, 0.15) is 24.3 Å². The number of H-pyrrole nitrogens is 1. The molecule has 0 radical (unpaired) electrons. The number of carbonyl (C=O) groups excluding carboxylic acids is 3. The molecule has 3 amide bonds. The van der Waals surface area contributed by atoms with E-state index in [-0.39, 0.29) is 12.2 Å². The Morgan fingerprint density at radius 3 is 2.67 bits per heavy atom. The van der Waals surface area contributed by atoms with Crippen LogP contribution in [-0.2, 0) is 9.59 Å². The molecular weight excluding hydrogens is 236 g/mol. The van der Waals surface area contributed by atoms with Gasteiger partial charge in [-0.2, -0.15) is 0 Å². The molecule has 1 fully saturated rings. The number of amides is 3. The zero-order chi connectivity index (χ0) is 13.5. The van der Waals surface area contributed by atoms with Gasteiger partial charge in [-0.1, -0.05) is 0 Å². The van der Waals surface area contributed by atoms with Crippen molar-refractivity contribution in [2.75, 3.05) is 12.3 Å². The van der Waals surface area contributed by atoms with Crippen molar-refractivity contribution in [1.82, 2.24) is 15.2 Å². The van der Waals surface area contributed by atoms with Gasteiger partial charge < -0.3 is 15.6 Å². The van der Waals surface area contributed by atoms with Crippen LogP contribution in [0.15, 0.2) is 12.3 Å². The van der Waals surface area contributed by atoms with Crippen LogP contribution in [0, 0.1) is 0 Å².